The Balaban J connectivity index is 3.16. The van der Waals surface area contributed by atoms with E-state index in [-0.39, 0.29) is 23.5 Å². The zero-order chi connectivity index (χ0) is 17.2. The zero-order valence-electron chi connectivity index (χ0n) is 13.9. The lowest BCUT2D eigenvalue weighted by molar-refractivity contribution is -0.135. The molecule has 0 radical (unpaired) electrons. The van der Waals surface area contributed by atoms with Crippen molar-refractivity contribution < 1.29 is 23.7 Å². The van der Waals surface area contributed by atoms with Crippen molar-refractivity contribution >= 4 is 23.6 Å². The van der Waals surface area contributed by atoms with Crippen LogP contribution in [0, 0.1) is 5.41 Å². The first-order valence-corrected chi connectivity index (χ1v) is 8.23. The molecule has 6 nitrogen and oxygen atoms in total. The van der Waals surface area contributed by atoms with Crippen LogP contribution in [-0.4, -0.2) is 51.0 Å². The van der Waals surface area contributed by atoms with Crippen LogP contribution in [0.25, 0.3) is 0 Å². The maximum atomic E-state index is 12.1. The molecule has 1 aliphatic rings. The lowest BCUT2D eigenvalue weighted by atomic mass is 10.1. The molecule has 1 heterocycles. The Labute approximate surface area is 141 Å². The maximum absolute atomic E-state index is 12.1. The second kappa shape index (κ2) is 10.1. The molecule has 1 unspecified atom stereocenters. The van der Waals surface area contributed by atoms with Gasteiger partial charge in [0.2, 0.25) is 5.90 Å². The molecule has 1 aliphatic heterocycles. The van der Waals surface area contributed by atoms with Crippen molar-refractivity contribution in [2.24, 2.45) is 0 Å². The summed E-state index contributed by atoms with van der Waals surface area (Å²) in [5.74, 6) is 0.755. The van der Waals surface area contributed by atoms with Gasteiger partial charge in [-0.25, -0.2) is 4.79 Å². The van der Waals surface area contributed by atoms with Gasteiger partial charge in [0, 0.05) is 7.11 Å². The number of thioether (sulfide) groups is 1. The monoisotopic (exact) mass is 341 g/mol. The van der Waals surface area contributed by atoms with Crippen molar-refractivity contribution in [2.75, 3.05) is 33.7 Å². The second-order valence-corrected chi connectivity index (χ2v) is 5.82. The SMILES string of the molecule is CCCSC1C=C/C(=C(/C=C(\COC)OC)C(=O)OC)C(=N)O1. The molecule has 0 aromatic rings. The van der Waals surface area contributed by atoms with E-state index >= 15 is 0 Å². The topological polar surface area (TPSA) is 77.8 Å². The number of nitrogens with one attached hydrogen (secondary N) is 1. The van der Waals surface area contributed by atoms with E-state index in [4.69, 9.17) is 24.4 Å². The zero-order valence-corrected chi connectivity index (χ0v) is 14.7. The van der Waals surface area contributed by atoms with Gasteiger partial charge in [-0.3, -0.25) is 5.41 Å². The van der Waals surface area contributed by atoms with Gasteiger partial charge in [0.25, 0.3) is 0 Å². The van der Waals surface area contributed by atoms with Gasteiger partial charge in [0.15, 0.2) is 5.44 Å². The Morgan fingerprint density at radius 2 is 2.13 bits per heavy atom. The van der Waals surface area contributed by atoms with Crippen LogP contribution in [0.3, 0.4) is 0 Å². The molecular formula is C16H23NO5S. The Morgan fingerprint density at radius 1 is 1.39 bits per heavy atom. The summed E-state index contributed by atoms with van der Waals surface area (Å²) in [5.41, 5.74) is 0.340. The van der Waals surface area contributed by atoms with Gasteiger partial charge in [0.1, 0.15) is 12.4 Å². The van der Waals surface area contributed by atoms with E-state index < -0.39 is 5.97 Å². The van der Waals surface area contributed by atoms with Gasteiger partial charge in [-0.1, -0.05) is 6.92 Å². The van der Waals surface area contributed by atoms with Crippen LogP contribution in [-0.2, 0) is 23.7 Å². The van der Waals surface area contributed by atoms with Crippen LogP contribution < -0.4 is 0 Å². The number of carbonyl (C=O) groups is 1. The molecule has 23 heavy (non-hydrogen) atoms. The molecule has 0 aliphatic carbocycles. The Bertz CT molecular complexity index is 525. The molecule has 1 rings (SSSR count). The molecule has 0 bridgehead atoms. The molecule has 1 N–H and O–H groups in total. The van der Waals surface area contributed by atoms with Crippen LogP contribution in [0.1, 0.15) is 13.3 Å². The predicted octanol–water partition coefficient (Wildman–Crippen LogP) is 2.67. The molecule has 0 aromatic heterocycles. The van der Waals surface area contributed by atoms with Crippen LogP contribution in [0.2, 0.25) is 0 Å². The van der Waals surface area contributed by atoms with Crippen molar-refractivity contribution in [3.05, 3.63) is 35.1 Å². The van der Waals surface area contributed by atoms with Crippen molar-refractivity contribution in [3.8, 4) is 0 Å². The number of hydrogen-bond donors (Lipinski definition) is 1. The second-order valence-electron chi connectivity index (χ2n) is 4.61. The summed E-state index contributed by atoms with van der Waals surface area (Å²) in [7, 11) is 4.30. The normalized spacial score (nSPS) is 20.1. The molecule has 0 aromatic carbocycles. The third-order valence-electron chi connectivity index (χ3n) is 2.93. The van der Waals surface area contributed by atoms with E-state index in [9.17, 15) is 4.79 Å². The van der Waals surface area contributed by atoms with Crippen molar-refractivity contribution in [3.63, 3.8) is 0 Å². The van der Waals surface area contributed by atoms with Crippen molar-refractivity contribution in [1.29, 1.82) is 5.41 Å². The minimum absolute atomic E-state index is 0.0642. The fraction of sp³-hybridized carbons (Fsp3) is 0.500. The fourth-order valence-electron chi connectivity index (χ4n) is 1.82. The van der Waals surface area contributed by atoms with Gasteiger partial charge < -0.3 is 18.9 Å². The number of ether oxygens (including phenoxy) is 4. The van der Waals surface area contributed by atoms with Crippen molar-refractivity contribution in [2.45, 2.75) is 18.8 Å². The average molecular weight is 341 g/mol. The van der Waals surface area contributed by atoms with Gasteiger partial charge in [-0.2, -0.15) is 0 Å². The van der Waals surface area contributed by atoms with Crippen LogP contribution in [0.5, 0.6) is 0 Å². The lowest BCUT2D eigenvalue weighted by Crippen LogP contribution is -2.21. The molecule has 0 amide bonds. The van der Waals surface area contributed by atoms with Gasteiger partial charge in [-0.15, -0.1) is 11.8 Å². The summed E-state index contributed by atoms with van der Waals surface area (Å²) in [5, 5.41) is 8.06. The molecular weight excluding hydrogens is 318 g/mol. The van der Waals surface area contributed by atoms with Crippen LogP contribution in [0.4, 0.5) is 0 Å². The molecule has 0 saturated carbocycles. The average Bonchev–Trinajstić information content (AvgIpc) is 2.56. The number of hydrogen-bond acceptors (Lipinski definition) is 7. The smallest absolute Gasteiger partial charge is 0.338 e. The van der Waals surface area contributed by atoms with Gasteiger partial charge >= 0.3 is 5.97 Å². The summed E-state index contributed by atoms with van der Waals surface area (Å²) < 4.78 is 20.5. The molecule has 0 saturated heterocycles. The number of rotatable bonds is 8. The minimum Gasteiger partial charge on any atom is -0.499 e. The van der Waals surface area contributed by atoms with Crippen LogP contribution in [0.15, 0.2) is 35.1 Å². The first-order chi connectivity index (χ1) is 11.1. The number of carbonyl (C=O) groups excluding carboxylic acids is 1. The largest absolute Gasteiger partial charge is 0.499 e. The fourth-order valence-corrected chi connectivity index (χ4v) is 2.65. The summed E-state index contributed by atoms with van der Waals surface area (Å²) in [6.07, 6.45) is 6.07. The Kier molecular flexibility index (Phi) is 8.50. The summed E-state index contributed by atoms with van der Waals surface area (Å²) in [6.45, 7) is 2.29. The third-order valence-corrected chi connectivity index (χ3v) is 4.16. The number of methoxy groups -OCH3 is 3. The highest BCUT2D eigenvalue weighted by molar-refractivity contribution is 7.99. The summed E-state index contributed by atoms with van der Waals surface area (Å²) in [6, 6.07) is 0. The summed E-state index contributed by atoms with van der Waals surface area (Å²) in [4.78, 5) is 12.1. The highest BCUT2D eigenvalue weighted by Gasteiger charge is 2.23. The quantitative estimate of drug-likeness (QED) is 0.415. The summed E-state index contributed by atoms with van der Waals surface area (Å²) >= 11 is 1.61. The van der Waals surface area contributed by atoms with Crippen molar-refractivity contribution in [1.82, 2.24) is 0 Å². The molecule has 0 spiro atoms. The van der Waals surface area contributed by atoms with Gasteiger partial charge in [-0.05, 0) is 30.4 Å². The predicted molar refractivity (Wildman–Crippen MR) is 90.5 cm³/mol. The highest BCUT2D eigenvalue weighted by atomic mass is 32.2. The standard InChI is InChI=1S/C16H23NO5S/c1-5-8-23-14-7-6-12(15(17)22-14)13(16(18)21-4)9-11(20-3)10-19-2/h6-7,9,14,17H,5,8,10H2,1-4H3/b11-9+,13-12+,17-15?. The minimum atomic E-state index is -0.566. The Hall–Kier alpha value is -1.73. The van der Waals surface area contributed by atoms with Crippen LogP contribution >= 0.6 is 11.8 Å². The first kappa shape index (κ1) is 19.3. The van der Waals surface area contributed by atoms with E-state index in [0.29, 0.717) is 11.3 Å². The molecule has 7 heteroatoms. The molecule has 0 fully saturated rings. The van der Waals surface area contributed by atoms with E-state index in [1.165, 1.54) is 27.4 Å². The van der Waals surface area contributed by atoms with E-state index in [1.807, 2.05) is 6.08 Å². The molecule has 128 valence electrons. The third kappa shape index (κ3) is 5.76. The highest BCUT2D eigenvalue weighted by Crippen LogP contribution is 2.25. The van der Waals surface area contributed by atoms with Gasteiger partial charge in [0.05, 0.1) is 25.4 Å². The number of esters is 1. The maximum Gasteiger partial charge on any atom is 0.338 e. The Morgan fingerprint density at radius 3 is 2.65 bits per heavy atom. The first-order valence-electron chi connectivity index (χ1n) is 7.18. The molecule has 1 atom stereocenters. The van der Waals surface area contributed by atoms with E-state index in [2.05, 4.69) is 6.92 Å². The lowest BCUT2D eigenvalue weighted by Gasteiger charge is -2.21. The van der Waals surface area contributed by atoms with E-state index in [1.54, 1.807) is 17.8 Å². The van der Waals surface area contributed by atoms with E-state index in [0.717, 1.165) is 12.2 Å².